The van der Waals surface area contributed by atoms with Crippen molar-refractivity contribution in [2.45, 2.75) is 53.0 Å². The highest BCUT2D eigenvalue weighted by molar-refractivity contribution is 5.86. The van der Waals surface area contributed by atoms with Crippen molar-refractivity contribution in [3.8, 4) is 0 Å². The van der Waals surface area contributed by atoms with E-state index in [9.17, 15) is 4.79 Å². The van der Waals surface area contributed by atoms with Crippen LogP contribution in [0.4, 0.5) is 0 Å². The number of carbonyl (C=O) groups excluding carboxylic acids is 1. The van der Waals surface area contributed by atoms with Crippen molar-refractivity contribution < 1.29 is 9.53 Å². The first-order chi connectivity index (χ1) is 7.97. The van der Waals surface area contributed by atoms with Crippen LogP contribution in [0.15, 0.2) is 12.2 Å². The van der Waals surface area contributed by atoms with Crippen molar-refractivity contribution in [1.29, 1.82) is 0 Å². The second-order valence-electron chi connectivity index (χ2n) is 4.46. The predicted octanol–water partition coefficient (Wildman–Crippen LogP) is 3.01. The lowest BCUT2D eigenvalue weighted by molar-refractivity contribution is -0.144. The van der Waals surface area contributed by atoms with Gasteiger partial charge in [-0.05, 0) is 32.9 Å². The molecule has 0 amide bonds. The molecule has 0 unspecified atom stereocenters. The summed E-state index contributed by atoms with van der Waals surface area (Å²) in [5.74, 6) is -0.288. The Labute approximate surface area is 106 Å². The SMILES string of the molecule is C=C(C)C(=O)OCC(CC)(CC)N(CC)CC. The summed E-state index contributed by atoms with van der Waals surface area (Å²) in [5, 5.41) is 0. The van der Waals surface area contributed by atoms with Gasteiger partial charge in [-0.15, -0.1) is 0 Å². The summed E-state index contributed by atoms with van der Waals surface area (Å²) in [7, 11) is 0. The van der Waals surface area contributed by atoms with Gasteiger partial charge in [0.15, 0.2) is 0 Å². The van der Waals surface area contributed by atoms with Gasteiger partial charge in [-0.25, -0.2) is 4.79 Å². The smallest absolute Gasteiger partial charge is 0.333 e. The molecule has 0 radical (unpaired) electrons. The third-order valence-electron chi connectivity index (χ3n) is 3.57. The van der Waals surface area contributed by atoms with E-state index in [-0.39, 0.29) is 11.5 Å². The minimum Gasteiger partial charge on any atom is -0.460 e. The zero-order chi connectivity index (χ0) is 13.5. The number of likely N-dealkylation sites (N-methyl/N-ethyl adjacent to an activating group) is 1. The molecule has 0 spiro atoms. The van der Waals surface area contributed by atoms with Crippen LogP contribution in [0, 0.1) is 0 Å². The Morgan fingerprint density at radius 3 is 1.94 bits per heavy atom. The van der Waals surface area contributed by atoms with Crippen molar-refractivity contribution in [2.75, 3.05) is 19.7 Å². The zero-order valence-electron chi connectivity index (χ0n) is 12.0. The number of esters is 1. The fourth-order valence-corrected chi connectivity index (χ4v) is 2.21. The van der Waals surface area contributed by atoms with Crippen molar-refractivity contribution in [3.63, 3.8) is 0 Å². The van der Waals surface area contributed by atoms with E-state index < -0.39 is 0 Å². The summed E-state index contributed by atoms with van der Waals surface area (Å²) in [6, 6.07) is 0. The number of nitrogens with zero attached hydrogens (tertiary/aromatic N) is 1. The number of hydrogen-bond acceptors (Lipinski definition) is 3. The van der Waals surface area contributed by atoms with Crippen molar-refractivity contribution in [2.24, 2.45) is 0 Å². The first-order valence-corrected chi connectivity index (χ1v) is 6.55. The highest BCUT2D eigenvalue weighted by Gasteiger charge is 2.33. The average molecular weight is 241 g/mol. The molecule has 0 aliphatic heterocycles. The maximum atomic E-state index is 11.5. The molecule has 0 saturated heterocycles. The average Bonchev–Trinajstić information content (AvgIpc) is 2.34. The van der Waals surface area contributed by atoms with E-state index in [4.69, 9.17) is 4.74 Å². The molecule has 0 aromatic rings. The van der Waals surface area contributed by atoms with E-state index in [0.717, 1.165) is 25.9 Å². The van der Waals surface area contributed by atoms with Crippen LogP contribution in [-0.4, -0.2) is 36.1 Å². The minimum atomic E-state index is -0.288. The quantitative estimate of drug-likeness (QED) is 0.483. The third-order valence-corrected chi connectivity index (χ3v) is 3.57. The van der Waals surface area contributed by atoms with Gasteiger partial charge in [0.1, 0.15) is 6.61 Å². The topological polar surface area (TPSA) is 29.5 Å². The summed E-state index contributed by atoms with van der Waals surface area (Å²) in [4.78, 5) is 13.9. The van der Waals surface area contributed by atoms with Crippen LogP contribution in [-0.2, 0) is 9.53 Å². The summed E-state index contributed by atoms with van der Waals surface area (Å²) in [6.07, 6.45) is 1.96. The summed E-state index contributed by atoms with van der Waals surface area (Å²) < 4.78 is 5.36. The van der Waals surface area contributed by atoms with Crippen molar-refractivity contribution >= 4 is 5.97 Å². The van der Waals surface area contributed by atoms with Crippen LogP contribution < -0.4 is 0 Å². The predicted molar refractivity (Wildman–Crippen MR) is 72.0 cm³/mol. The van der Waals surface area contributed by atoms with E-state index in [2.05, 4.69) is 39.2 Å². The first kappa shape index (κ1) is 16.2. The normalized spacial score (nSPS) is 11.6. The second-order valence-corrected chi connectivity index (χ2v) is 4.46. The Morgan fingerprint density at radius 1 is 1.18 bits per heavy atom. The van der Waals surface area contributed by atoms with Crippen LogP contribution in [0.5, 0.6) is 0 Å². The molecular formula is C14H27NO2. The molecule has 0 rings (SSSR count). The van der Waals surface area contributed by atoms with Crippen molar-refractivity contribution in [3.05, 3.63) is 12.2 Å². The highest BCUT2D eigenvalue weighted by Crippen LogP contribution is 2.24. The maximum Gasteiger partial charge on any atom is 0.333 e. The lowest BCUT2D eigenvalue weighted by Gasteiger charge is -2.41. The van der Waals surface area contributed by atoms with Gasteiger partial charge in [-0.3, -0.25) is 4.90 Å². The number of hydrogen-bond donors (Lipinski definition) is 0. The fourth-order valence-electron chi connectivity index (χ4n) is 2.21. The lowest BCUT2D eigenvalue weighted by atomic mass is 9.91. The summed E-state index contributed by atoms with van der Waals surface area (Å²) >= 11 is 0. The van der Waals surface area contributed by atoms with E-state index in [1.54, 1.807) is 6.92 Å². The highest BCUT2D eigenvalue weighted by atomic mass is 16.5. The maximum absolute atomic E-state index is 11.5. The molecule has 0 saturated carbocycles. The molecule has 0 aromatic heterocycles. The Morgan fingerprint density at radius 2 is 1.65 bits per heavy atom. The van der Waals surface area contributed by atoms with E-state index in [1.807, 2.05) is 0 Å². The van der Waals surface area contributed by atoms with Crippen LogP contribution in [0.25, 0.3) is 0 Å². The number of ether oxygens (including phenoxy) is 1. The van der Waals surface area contributed by atoms with Crippen molar-refractivity contribution in [1.82, 2.24) is 4.90 Å². The molecule has 0 heterocycles. The van der Waals surface area contributed by atoms with E-state index in [1.165, 1.54) is 0 Å². The number of carbonyl (C=O) groups is 1. The molecule has 0 aliphatic rings. The molecule has 3 nitrogen and oxygen atoms in total. The third kappa shape index (κ3) is 4.15. The Balaban J connectivity index is 4.71. The van der Waals surface area contributed by atoms with Gasteiger partial charge in [0.2, 0.25) is 0 Å². The standard InChI is InChI=1S/C14H27NO2/c1-7-14(8-2,15(9-3)10-4)11-17-13(16)12(5)6/h5,7-11H2,1-4,6H3. The van der Waals surface area contributed by atoms with Gasteiger partial charge >= 0.3 is 5.97 Å². The molecule has 0 fully saturated rings. The van der Waals surface area contributed by atoms with Gasteiger partial charge in [-0.1, -0.05) is 34.3 Å². The molecule has 0 bridgehead atoms. The molecule has 0 aliphatic carbocycles. The molecule has 0 atom stereocenters. The fraction of sp³-hybridized carbons (Fsp3) is 0.786. The van der Waals surface area contributed by atoms with Crippen LogP contribution in [0.3, 0.4) is 0 Å². The Hall–Kier alpha value is -0.830. The Kier molecular flexibility index (Phi) is 7.12. The zero-order valence-corrected chi connectivity index (χ0v) is 12.0. The molecule has 3 heteroatoms. The minimum absolute atomic E-state index is 0.0331. The monoisotopic (exact) mass is 241 g/mol. The largest absolute Gasteiger partial charge is 0.460 e. The van der Waals surface area contributed by atoms with Crippen LogP contribution in [0.2, 0.25) is 0 Å². The Bertz CT molecular complexity index is 253. The first-order valence-electron chi connectivity index (χ1n) is 6.55. The molecular weight excluding hydrogens is 214 g/mol. The van der Waals surface area contributed by atoms with E-state index in [0.29, 0.717) is 12.2 Å². The van der Waals surface area contributed by atoms with Gasteiger partial charge in [0.05, 0.1) is 5.54 Å². The van der Waals surface area contributed by atoms with Gasteiger partial charge in [0.25, 0.3) is 0 Å². The van der Waals surface area contributed by atoms with Crippen LogP contribution in [0.1, 0.15) is 47.5 Å². The van der Waals surface area contributed by atoms with Crippen LogP contribution >= 0.6 is 0 Å². The van der Waals surface area contributed by atoms with Gasteiger partial charge in [0, 0.05) is 5.57 Å². The second kappa shape index (κ2) is 7.49. The van der Waals surface area contributed by atoms with E-state index >= 15 is 0 Å². The summed E-state index contributed by atoms with van der Waals surface area (Å²) in [6.45, 7) is 16.3. The lowest BCUT2D eigenvalue weighted by Crippen LogP contribution is -2.51. The number of rotatable bonds is 8. The molecule has 17 heavy (non-hydrogen) atoms. The van der Waals surface area contributed by atoms with Gasteiger partial charge in [-0.2, -0.15) is 0 Å². The summed E-state index contributed by atoms with van der Waals surface area (Å²) in [5.41, 5.74) is 0.430. The molecule has 0 aromatic carbocycles. The molecule has 0 N–H and O–H groups in total. The molecule has 100 valence electrons. The van der Waals surface area contributed by atoms with Gasteiger partial charge < -0.3 is 4.74 Å².